The van der Waals surface area contributed by atoms with E-state index in [4.69, 9.17) is 9.47 Å². The number of fused-ring (bicyclic) bond motifs is 1. The highest BCUT2D eigenvalue weighted by molar-refractivity contribution is 5.90. The third-order valence-electron chi connectivity index (χ3n) is 3.61. The first kappa shape index (κ1) is 13.5. The van der Waals surface area contributed by atoms with E-state index in [9.17, 15) is 9.90 Å². The number of hydrogen-bond donors (Lipinski definition) is 1. The number of hydrogen-bond acceptors (Lipinski definition) is 3. The third-order valence-corrected chi connectivity index (χ3v) is 3.61. The van der Waals surface area contributed by atoms with Gasteiger partial charge >= 0.3 is 5.97 Å². The number of benzene rings is 2. The van der Waals surface area contributed by atoms with Crippen molar-refractivity contribution in [3.63, 3.8) is 0 Å². The average molecular weight is 284 g/mol. The van der Waals surface area contributed by atoms with Gasteiger partial charge in [-0.25, -0.2) is 4.79 Å². The highest BCUT2D eigenvalue weighted by atomic mass is 16.5. The lowest BCUT2D eigenvalue weighted by molar-refractivity contribution is 0.0692. The van der Waals surface area contributed by atoms with Crippen LogP contribution < -0.4 is 9.47 Å². The summed E-state index contributed by atoms with van der Waals surface area (Å²) in [6.45, 7) is 2.88. The van der Waals surface area contributed by atoms with Gasteiger partial charge in [0, 0.05) is 5.56 Å². The van der Waals surface area contributed by atoms with Crippen molar-refractivity contribution >= 4 is 5.97 Å². The van der Waals surface area contributed by atoms with E-state index in [1.54, 1.807) is 18.2 Å². The van der Waals surface area contributed by atoms with Crippen LogP contribution in [0.1, 0.15) is 27.4 Å². The van der Waals surface area contributed by atoms with E-state index >= 15 is 0 Å². The number of rotatable bonds is 4. The molecule has 0 saturated carbocycles. The summed E-state index contributed by atoms with van der Waals surface area (Å²) in [6.07, 6.45) is 0. The van der Waals surface area contributed by atoms with Gasteiger partial charge in [-0.3, -0.25) is 0 Å². The second-order valence-electron chi connectivity index (χ2n) is 5.16. The smallest absolute Gasteiger partial charge is 0.339 e. The summed E-state index contributed by atoms with van der Waals surface area (Å²) in [5.74, 6) is 0.442. The van der Waals surface area contributed by atoms with Gasteiger partial charge < -0.3 is 14.6 Å². The normalized spacial score (nSPS) is 16.1. The standard InChI is InChI=1S/C17H16O4/c1-11-6-7-14(17(18)19)16(8-11)21-10-12-9-20-15-5-3-2-4-13(12)15/h2-8,12H,9-10H2,1H3,(H,18,19). The van der Waals surface area contributed by atoms with Crippen LogP contribution in [0.4, 0.5) is 0 Å². The molecule has 0 amide bonds. The number of carboxylic acids is 1. The molecule has 0 fully saturated rings. The van der Waals surface area contributed by atoms with Gasteiger partial charge in [0.05, 0.1) is 19.1 Å². The van der Waals surface area contributed by atoms with E-state index in [1.165, 1.54) is 0 Å². The predicted molar refractivity (Wildman–Crippen MR) is 78.3 cm³/mol. The summed E-state index contributed by atoms with van der Waals surface area (Å²) >= 11 is 0. The molecule has 0 radical (unpaired) electrons. The Bertz CT molecular complexity index is 678. The van der Waals surface area contributed by atoms with E-state index in [-0.39, 0.29) is 11.5 Å². The molecule has 4 heteroatoms. The Morgan fingerprint density at radius 1 is 1.33 bits per heavy atom. The number of ether oxygens (including phenoxy) is 2. The lowest BCUT2D eigenvalue weighted by atomic mass is 10.0. The quantitative estimate of drug-likeness (QED) is 0.936. The van der Waals surface area contributed by atoms with Crippen molar-refractivity contribution in [3.05, 3.63) is 59.2 Å². The number of aryl methyl sites for hydroxylation is 1. The Kier molecular flexibility index (Phi) is 3.52. The number of carboxylic acid groups (broad SMARTS) is 1. The molecule has 2 aromatic carbocycles. The number of carbonyl (C=O) groups is 1. The maximum Gasteiger partial charge on any atom is 0.339 e. The molecule has 1 N–H and O–H groups in total. The van der Waals surface area contributed by atoms with Crippen LogP contribution in [-0.2, 0) is 0 Å². The fourth-order valence-corrected chi connectivity index (χ4v) is 2.48. The summed E-state index contributed by atoms with van der Waals surface area (Å²) in [7, 11) is 0. The summed E-state index contributed by atoms with van der Waals surface area (Å²) in [4.78, 5) is 11.2. The molecule has 4 nitrogen and oxygen atoms in total. The maximum absolute atomic E-state index is 11.2. The van der Waals surface area contributed by atoms with Gasteiger partial charge in [-0.1, -0.05) is 24.3 Å². The van der Waals surface area contributed by atoms with Gasteiger partial charge in [0.1, 0.15) is 17.1 Å². The van der Waals surface area contributed by atoms with Gasteiger partial charge in [0.2, 0.25) is 0 Å². The van der Waals surface area contributed by atoms with Gasteiger partial charge in [0.25, 0.3) is 0 Å². The Labute approximate surface area is 122 Å². The second-order valence-corrected chi connectivity index (χ2v) is 5.16. The van der Waals surface area contributed by atoms with Crippen LogP contribution in [0.2, 0.25) is 0 Å². The zero-order chi connectivity index (χ0) is 14.8. The van der Waals surface area contributed by atoms with Gasteiger partial charge in [-0.05, 0) is 30.7 Å². The minimum atomic E-state index is -0.979. The van der Waals surface area contributed by atoms with Crippen LogP contribution in [0.3, 0.4) is 0 Å². The van der Waals surface area contributed by atoms with Gasteiger partial charge in [0.15, 0.2) is 0 Å². The van der Waals surface area contributed by atoms with Crippen molar-refractivity contribution in [2.75, 3.05) is 13.2 Å². The summed E-state index contributed by atoms with van der Waals surface area (Å²) in [5, 5.41) is 9.20. The molecule has 1 aliphatic rings. The highest BCUT2D eigenvalue weighted by Gasteiger charge is 2.24. The third kappa shape index (κ3) is 2.70. The predicted octanol–water partition coefficient (Wildman–Crippen LogP) is 3.25. The maximum atomic E-state index is 11.2. The zero-order valence-electron chi connectivity index (χ0n) is 11.7. The monoisotopic (exact) mass is 284 g/mol. The molecule has 1 unspecified atom stereocenters. The Morgan fingerprint density at radius 3 is 2.95 bits per heavy atom. The first-order valence-corrected chi connectivity index (χ1v) is 6.83. The van der Waals surface area contributed by atoms with Crippen LogP contribution >= 0.6 is 0 Å². The largest absolute Gasteiger partial charge is 0.493 e. The van der Waals surface area contributed by atoms with Gasteiger partial charge in [-0.2, -0.15) is 0 Å². The van der Waals surface area contributed by atoms with E-state index in [0.29, 0.717) is 19.0 Å². The van der Waals surface area contributed by atoms with E-state index in [1.807, 2.05) is 31.2 Å². The zero-order valence-corrected chi connectivity index (χ0v) is 11.7. The molecule has 2 aromatic rings. The molecule has 1 atom stereocenters. The van der Waals surface area contributed by atoms with Crippen molar-refractivity contribution < 1.29 is 19.4 Å². The first-order chi connectivity index (χ1) is 10.1. The van der Waals surface area contributed by atoms with E-state index in [0.717, 1.165) is 16.9 Å². The summed E-state index contributed by atoms with van der Waals surface area (Å²) in [5.41, 5.74) is 2.27. The molecule has 0 aliphatic carbocycles. The molecular formula is C17H16O4. The molecule has 0 saturated heterocycles. The molecule has 1 heterocycles. The van der Waals surface area contributed by atoms with Gasteiger partial charge in [-0.15, -0.1) is 0 Å². The molecule has 0 spiro atoms. The molecule has 1 aliphatic heterocycles. The topological polar surface area (TPSA) is 55.8 Å². The number of aromatic carboxylic acids is 1. The minimum Gasteiger partial charge on any atom is -0.493 e. The number of para-hydroxylation sites is 1. The van der Waals surface area contributed by atoms with Crippen molar-refractivity contribution in [2.24, 2.45) is 0 Å². The lowest BCUT2D eigenvalue weighted by Crippen LogP contribution is -2.13. The Hall–Kier alpha value is -2.49. The molecule has 0 bridgehead atoms. The van der Waals surface area contributed by atoms with Crippen molar-refractivity contribution in [2.45, 2.75) is 12.8 Å². The molecular weight excluding hydrogens is 268 g/mol. The molecule has 21 heavy (non-hydrogen) atoms. The molecule has 3 rings (SSSR count). The Balaban J connectivity index is 1.77. The minimum absolute atomic E-state index is 0.128. The van der Waals surface area contributed by atoms with Crippen molar-refractivity contribution in [1.82, 2.24) is 0 Å². The SMILES string of the molecule is Cc1ccc(C(=O)O)c(OCC2COc3ccccc32)c1. The molecule has 108 valence electrons. The Morgan fingerprint density at radius 2 is 2.14 bits per heavy atom. The fraction of sp³-hybridized carbons (Fsp3) is 0.235. The van der Waals surface area contributed by atoms with Crippen LogP contribution in [-0.4, -0.2) is 24.3 Å². The first-order valence-electron chi connectivity index (χ1n) is 6.83. The average Bonchev–Trinajstić information content (AvgIpc) is 2.88. The van der Waals surface area contributed by atoms with Crippen molar-refractivity contribution in [3.8, 4) is 11.5 Å². The molecule has 0 aromatic heterocycles. The second kappa shape index (κ2) is 5.48. The highest BCUT2D eigenvalue weighted by Crippen LogP contribution is 2.34. The van der Waals surface area contributed by atoms with Crippen molar-refractivity contribution in [1.29, 1.82) is 0 Å². The summed E-state index contributed by atoms with van der Waals surface area (Å²) in [6, 6.07) is 13.0. The van der Waals surface area contributed by atoms with Crippen LogP contribution in [0.15, 0.2) is 42.5 Å². The van der Waals surface area contributed by atoms with Crippen LogP contribution in [0.25, 0.3) is 0 Å². The van der Waals surface area contributed by atoms with Crippen LogP contribution in [0, 0.1) is 6.92 Å². The fourth-order valence-electron chi connectivity index (χ4n) is 2.48. The van der Waals surface area contributed by atoms with E-state index in [2.05, 4.69) is 0 Å². The van der Waals surface area contributed by atoms with E-state index < -0.39 is 5.97 Å². The van der Waals surface area contributed by atoms with Crippen LogP contribution in [0.5, 0.6) is 11.5 Å². The lowest BCUT2D eigenvalue weighted by Gasteiger charge is -2.13. The summed E-state index contributed by atoms with van der Waals surface area (Å²) < 4.78 is 11.4.